The summed E-state index contributed by atoms with van der Waals surface area (Å²) in [5.41, 5.74) is 0. The Hall–Kier alpha value is 1.24. The lowest BCUT2D eigenvalue weighted by Gasteiger charge is -2.50. The minimum Gasteiger partial charge on any atom is -0.262 e. The summed E-state index contributed by atoms with van der Waals surface area (Å²) >= 11 is 0. The minimum absolute atomic E-state index is 0.312. The molecule has 108 valence electrons. The summed E-state index contributed by atoms with van der Waals surface area (Å²) in [4.78, 5) is 0. The van der Waals surface area contributed by atoms with E-state index in [0.29, 0.717) is 21.0 Å². The SMILES string of the molecule is CC(C)S(Cl)(OS(Cl)(C(C)C)C(C)C)C(C)C. The molecule has 1 nitrogen and oxygen atoms in total. The molecule has 0 N–H and O–H groups in total. The van der Waals surface area contributed by atoms with Crippen LogP contribution < -0.4 is 0 Å². The van der Waals surface area contributed by atoms with Crippen molar-refractivity contribution >= 4 is 40.4 Å². The van der Waals surface area contributed by atoms with Gasteiger partial charge in [-0.2, -0.15) is 0 Å². The van der Waals surface area contributed by atoms with Crippen LogP contribution in [0.2, 0.25) is 0 Å². The maximum atomic E-state index is 6.78. The molecule has 0 aliphatic rings. The summed E-state index contributed by atoms with van der Waals surface area (Å²) in [6.07, 6.45) is 0. The van der Waals surface area contributed by atoms with Crippen molar-refractivity contribution in [3.05, 3.63) is 0 Å². The molecule has 0 bridgehead atoms. The van der Waals surface area contributed by atoms with E-state index in [1.165, 1.54) is 0 Å². The smallest absolute Gasteiger partial charge is 0.0193 e. The van der Waals surface area contributed by atoms with Crippen molar-refractivity contribution in [1.82, 2.24) is 0 Å². The van der Waals surface area contributed by atoms with Gasteiger partial charge in [-0.05, 0) is 40.4 Å². The van der Waals surface area contributed by atoms with Crippen molar-refractivity contribution in [3.63, 3.8) is 0 Å². The molecule has 0 aromatic heterocycles. The van der Waals surface area contributed by atoms with E-state index in [1.807, 2.05) is 0 Å². The van der Waals surface area contributed by atoms with Crippen molar-refractivity contribution in [2.45, 2.75) is 76.4 Å². The van der Waals surface area contributed by atoms with Crippen LogP contribution in [0.4, 0.5) is 0 Å². The molecule has 17 heavy (non-hydrogen) atoms. The van der Waals surface area contributed by atoms with Crippen LogP contribution in [-0.4, -0.2) is 21.0 Å². The van der Waals surface area contributed by atoms with Crippen molar-refractivity contribution < 1.29 is 3.63 Å². The van der Waals surface area contributed by atoms with Gasteiger partial charge in [-0.1, -0.05) is 55.4 Å². The number of hydrogen-bond acceptors (Lipinski definition) is 1. The van der Waals surface area contributed by atoms with Gasteiger partial charge in [-0.3, -0.25) is 3.63 Å². The molecule has 5 heteroatoms. The summed E-state index contributed by atoms with van der Waals surface area (Å²) in [6, 6.07) is 0. The summed E-state index contributed by atoms with van der Waals surface area (Å²) in [7, 11) is 10.3. The Balaban J connectivity index is 5.22. The largest absolute Gasteiger partial charge is 0.262 e. The van der Waals surface area contributed by atoms with E-state index in [9.17, 15) is 0 Å². The van der Waals surface area contributed by atoms with Crippen LogP contribution in [0, 0.1) is 0 Å². The van der Waals surface area contributed by atoms with E-state index in [0.717, 1.165) is 0 Å². The average molecular weight is 323 g/mol. The summed E-state index contributed by atoms with van der Waals surface area (Å²) in [5.74, 6) is 0. The maximum absolute atomic E-state index is 6.78. The first-order valence-corrected chi connectivity index (χ1v) is 11.2. The van der Waals surface area contributed by atoms with Gasteiger partial charge in [0, 0.05) is 21.0 Å². The molecule has 0 rings (SSSR count). The monoisotopic (exact) mass is 322 g/mol. The lowest BCUT2D eigenvalue weighted by atomic mass is 10.5. The van der Waals surface area contributed by atoms with Crippen molar-refractivity contribution in [3.8, 4) is 0 Å². The first kappa shape index (κ1) is 18.2. The zero-order valence-corrected chi connectivity index (χ0v) is 15.4. The van der Waals surface area contributed by atoms with Crippen LogP contribution in [0.5, 0.6) is 0 Å². The Morgan fingerprint density at radius 2 is 0.765 bits per heavy atom. The fraction of sp³-hybridized carbons (Fsp3) is 1.00. The predicted octanol–water partition coefficient (Wildman–Crippen LogP) is 6.38. The van der Waals surface area contributed by atoms with E-state index in [-0.39, 0.29) is 0 Å². The Bertz CT molecular complexity index is 203. The van der Waals surface area contributed by atoms with E-state index in [2.05, 4.69) is 55.4 Å². The molecule has 0 spiro atoms. The number of hydrogen-bond donors (Lipinski definition) is 0. The molecule has 0 atom stereocenters. The molecule has 0 heterocycles. The zero-order valence-electron chi connectivity index (χ0n) is 12.3. The molecule has 0 fully saturated rings. The normalized spacial score (nSPS) is 16.4. The summed E-state index contributed by atoms with van der Waals surface area (Å²) in [5, 5.41) is 1.25. The third-order valence-corrected chi connectivity index (χ3v) is 14.8. The van der Waals surface area contributed by atoms with Gasteiger partial charge in [0.2, 0.25) is 0 Å². The minimum atomic E-state index is -1.64. The van der Waals surface area contributed by atoms with E-state index in [1.54, 1.807) is 0 Å². The van der Waals surface area contributed by atoms with Crippen LogP contribution in [0.3, 0.4) is 0 Å². The van der Waals surface area contributed by atoms with Gasteiger partial charge in [0.05, 0.1) is 0 Å². The van der Waals surface area contributed by atoms with Crippen LogP contribution in [0.15, 0.2) is 0 Å². The van der Waals surface area contributed by atoms with Crippen LogP contribution in [0.25, 0.3) is 0 Å². The highest BCUT2D eigenvalue weighted by Gasteiger charge is 2.41. The summed E-state index contributed by atoms with van der Waals surface area (Å²) in [6.45, 7) is 17.0. The summed E-state index contributed by atoms with van der Waals surface area (Å²) < 4.78 is 6.37. The molecule has 0 saturated carbocycles. The van der Waals surface area contributed by atoms with Crippen LogP contribution >= 0.6 is 40.4 Å². The Kier molecular flexibility index (Phi) is 7.09. The van der Waals surface area contributed by atoms with Gasteiger partial charge < -0.3 is 0 Å². The molecular formula is C12H28Cl2OS2. The van der Waals surface area contributed by atoms with Crippen molar-refractivity contribution in [1.29, 1.82) is 0 Å². The van der Waals surface area contributed by atoms with Crippen molar-refractivity contribution in [2.75, 3.05) is 0 Å². The highest BCUT2D eigenvalue weighted by Crippen LogP contribution is 2.76. The van der Waals surface area contributed by atoms with Gasteiger partial charge in [-0.15, -0.1) is 0 Å². The Morgan fingerprint density at radius 3 is 0.882 bits per heavy atom. The average Bonchev–Trinajstić information content (AvgIpc) is 2.15. The van der Waals surface area contributed by atoms with Gasteiger partial charge in [0.15, 0.2) is 0 Å². The first-order chi connectivity index (χ1) is 7.48. The second kappa shape index (κ2) is 6.60. The topological polar surface area (TPSA) is 9.23 Å². The molecule has 0 aromatic carbocycles. The lowest BCUT2D eigenvalue weighted by molar-refractivity contribution is 0.661. The van der Waals surface area contributed by atoms with Gasteiger partial charge in [-0.25, -0.2) is 0 Å². The molecule has 0 unspecified atom stereocenters. The maximum Gasteiger partial charge on any atom is 0.0193 e. The fourth-order valence-corrected chi connectivity index (χ4v) is 9.30. The molecule has 0 radical (unpaired) electrons. The molecule has 0 aromatic rings. The Morgan fingerprint density at radius 1 is 0.588 bits per heavy atom. The zero-order chi connectivity index (χ0) is 14.0. The molecule has 0 amide bonds. The van der Waals surface area contributed by atoms with Crippen molar-refractivity contribution in [2.24, 2.45) is 0 Å². The second-order valence-corrected chi connectivity index (χ2v) is 14.9. The van der Waals surface area contributed by atoms with Gasteiger partial charge in [0.1, 0.15) is 0 Å². The highest BCUT2D eigenvalue weighted by molar-refractivity contribution is 8.59. The highest BCUT2D eigenvalue weighted by atomic mass is 35.7. The van der Waals surface area contributed by atoms with Crippen LogP contribution in [0.1, 0.15) is 55.4 Å². The fourth-order valence-electron chi connectivity index (χ4n) is 1.56. The van der Waals surface area contributed by atoms with E-state index >= 15 is 0 Å². The molecule has 0 saturated heterocycles. The molecular weight excluding hydrogens is 295 g/mol. The third-order valence-electron chi connectivity index (χ3n) is 2.78. The lowest BCUT2D eigenvalue weighted by Crippen LogP contribution is -2.25. The molecule has 0 aliphatic carbocycles. The Labute approximate surface area is 120 Å². The van der Waals surface area contributed by atoms with E-state index in [4.69, 9.17) is 25.0 Å². The standard InChI is InChI=1S/C12H28Cl2OS2/c1-9(2)16(13,10(3)4)15-17(14,11(5)6)12(7)8/h9-12H,1-8H3. The van der Waals surface area contributed by atoms with E-state index < -0.39 is 19.0 Å². The van der Waals surface area contributed by atoms with Crippen LogP contribution in [-0.2, 0) is 3.63 Å². The number of rotatable bonds is 6. The first-order valence-electron chi connectivity index (χ1n) is 6.20. The predicted molar refractivity (Wildman–Crippen MR) is 88.5 cm³/mol. The second-order valence-electron chi connectivity index (χ2n) is 5.40. The third kappa shape index (κ3) is 4.10. The van der Waals surface area contributed by atoms with Gasteiger partial charge >= 0.3 is 0 Å². The molecule has 0 aliphatic heterocycles. The van der Waals surface area contributed by atoms with Gasteiger partial charge in [0.25, 0.3) is 0 Å². The quantitative estimate of drug-likeness (QED) is 0.551. The number of halogens is 2.